The molecule has 0 radical (unpaired) electrons. The molecule has 7 nitrogen and oxygen atoms in total. The van der Waals surface area contributed by atoms with E-state index in [4.69, 9.17) is 9.72 Å². The van der Waals surface area contributed by atoms with Crippen LogP contribution in [0.25, 0.3) is 11.3 Å². The predicted molar refractivity (Wildman–Crippen MR) is 125 cm³/mol. The minimum absolute atomic E-state index is 0.523. The molecule has 7 heteroatoms. The van der Waals surface area contributed by atoms with E-state index < -0.39 is 0 Å². The summed E-state index contributed by atoms with van der Waals surface area (Å²) in [7, 11) is 1.68. The Morgan fingerprint density at radius 3 is 2.81 bits per heavy atom. The maximum absolute atomic E-state index is 5.48. The molecule has 2 N–H and O–H groups in total. The van der Waals surface area contributed by atoms with Crippen molar-refractivity contribution in [2.45, 2.75) is 33.2 Å². The van der Waals surface area contributed by atoms with E-state index in [2.05, 4.69) is 64.5 Å². The van der Waals surface area contributed by atoms with Gasteiger partial charge in [0.15, 0.2) is 0 Å². The van der Waals surface area contributed by atoms with E-state index in [1.807, 2.05) is 18.3 Å². The standard InChI is InChI=1S/C24H30N6O/c1-5-19-15-30(11-10-25-19)23-7-6-18(14-27-23)21-8-9-26-24(29-21)28-20-12-16(2)17(3)22(13-20)31-4/h6-9,12-14,19,25H,5,10-11,15H2,1-4H3,(H,26,28,29). The van der Waals surface area contributed by atoms with Crippen LogP contribution in [-0.4, -0.2) is 47.7 Å². The topological polar surface area (TPSA) is 75.2 Å². The molecule has 1 saturated heterocycles. The van der Waals surface area contributed by atoms with Crippen LogP contribution in [0.4, 0.5) is 17.5 Å². The first-order valence-electron chi connectivity index (χ1n) is 10.8. The highest BCUT2D eigenvalue weighted by Crippen LogP contribution is 2.28. The summed E-state index contributed by atoms with van der Waals surface area (Å²) in [5.41, 5.74) is 4.97. The normalized spacial score (nSPS) is 16.3. The molecule has 0 bridgehead atoms. The van der Waals surface area contributed by atoms with Gasteiger partial charge < -0.3 is 20.3 Å². The first kappa shape index (κ1) is 21.1. The summed E-state index contributed by atoms with van der Waals surface area (Å²) in [5, 5.41) is 6.84. The van der Waals surface area contributed by atoms with Crippen molar-refractivity contribution in [3.8, 4) is 17.0 Å². The van der Waals surface area contributed by atoms with Crippen LogP contribution >= 0.6 is 0 Å². The van der Waals surface area contributed by atoms with Gasteiger partial charge in [0.05, 0.1) is 12.8 Å². The Morgan fingerprint density at radius 2 is 2.06 bits per heavy atom. The van der Waals surface area contributed by atoms with Crippen molar-refractivity contribution in [1.29, 1.82) is 0 Å². The van der Waals surface area contributed by atoms with Gasteiger partial charge in [0.25, 0.3) is 0 Å². The molecule has 2 aromatic heterocycles. The molecule has 4 rings (SSSR count). The molecule has 1 atom stereocenters. The maximum Gasteiger partial charge on any atom is 0.227 e. The van der Waals surface area contributed by atoms with Gasteiger partial charge in [-0.25, -0.2) is 15.0 Å². The summed E-state index contributed by atoms with van der Waals surface area (Å²) in [5.74, 6) is 2.40. The number of nitrogens with one attached hydrogen (secondary N) is 2. The molecule has 31 heavy (non-hydrogen) atoms. The molecule has 162 valence electrons. The van der Waals surface area contributed by atoms with Crippen LogP contribution in [0.15, 0.2) is 42.7 Å². The lowest BCUT2D eigenvalue weighted by molar-refractivity contribution is 0.411. The Hall–Kier alpha value is -3.19. The number of nitrogens with zero attached hydrogens (tertiary/aromatic N) is 4. The fraction of sp³-hybridized carbons (Fsp3) is 0.375. The van der Waals surface area contributed by atoms with Crippen molar-refractivity contribution in [2.75, 3.05) is 37.0 Å². The summed E-state index contributed by atoms with van der Waals surface area (Å²) in [6.07, 6.45) is 4.78. The van der Waals surface area contributed by atoms with E-state index >= 15 is 0 Å². The average Bonchev–Trinajstić information content (AvgIpc) is 2.81. The van der Waals surface area contributed by atoms with Crippen LogP contribution in [-0.2, 0) is 0 Å². The number of ether oxygens (including phenoxy) is 1. The summed E-state index contributed by atoms with van der Waals surface area (Å²) >= 11 is 0. The van der Waals surface area contributed by atoms with Crippen molar-refractivity contribution in [3.63, 3.8) is 0 Å². The van der Waals surface area contributed by atoms with E-state index in [9.17, 15) is 0 Å². The van der Waals surface area contributed by atoms with Gasteiger partial charge in [-0.15, -0.1) is 0 Å². The van der Waals surface area contributed by atoms with Gasteiger partial charge in [-0.2, -0.15) is 0 Å². The van der Waals surface area contributed by atoms with E-state index in [0.717, 1.165) is 65.7 Å². The fourth-order valence-corrected chi connectivity index (χ4v) is 3.85. The molecule has 1 fully saturated rings. The first-order valence-corrected chi connectivity index (χ1v) is 10.8. The highest BCUT2D eigenvalue weighted by molar-refractivity contribution is 5.64. The van der Waals surface area contributed by atoms with Crippen molar-refractivity contribution >= 4 is 17.5 Å². The molecule has 1 aliphatic heterocycles. The summed E-state index contributed by atoms with van der Waals surface area (Å²) in [6, 6.07) is 10.6. The lowest BCUT2D eigenvalue weighted by Crippen LogP contribution is -2.50. The number of rotatable bonds is 6. The average molecular weight is 419 g/mol. The van der Waals surface area contributed by atoms with Crippen molar-refractivity contribution < 1.29 is 4.74 Å². The second-order valence-electron chi connectivity index (χ2n) is 7.92. The fourth-order valence-electron chi connectivity index (χ4n) is 3.85. The zero-order valence-electron chi connectivity index (χ0n) is 18.6. The Bertz CT molecular complexity index is 1040. The number of aromatic nitrogens is 3. The Labute approximate surface area is 183 Å². The van der Waals surface area contributed by atoms with Crippen LogP contribution in [0.1, 0.15) is 24.5 Å². The first-order chi connectivity index (χ1) is 15.1. The van der Waals surface area contributed by atoms with Crippen LogP contribution in [0.2, 0.25) is 0 Å². The van der Waals surface area contributed by atoms with Crippen molar-refractivity contribution in [3.05, 3.63) is 53.9 Å². The molecule has 3 aromatic rings. The number of hydrogen-bond acceptors (Lipinski definition) is 7. The molecular weight excluding hydrogens is 388 g/mol. The second kappa shape index (κ2) is 9.31. The van der Waals surface area contributed by atoms with Crippen LogP contribution in [0.5, 0.6) is 5.75 Å². The quantitative estimate of drug-likeness (QED) is 0.624. The zero-order valence-corrected chi connectivity index (χ0v) is 18.6. The lowest BCUT2D eigenvalue weighted by atomic mass is 10.1. The molecule has 1 aliphatic rings. The smallest absolute Gasteiger partial charge is 0.227 e. The number of hydrogen-bond donors (Lipinski definition) is 2. The minimum Gasteiger partial charge on any atom is -0.496 e. The van der Waals surface area contributed by atoms with Gasteiger partial charge in [-0.3, -0.25) is 0 Å². The van der Waals surface area contributed by atoms with Gasteiger partial charge in [-0.05, 0) is 55.7 Å². The Balaban J connectivity index is 1.51. The lowest BCUT2D eigenvalue weighted by Gasteiger charge is -2.34. The molecule has 0 amide bonds. The largest absolute Gasteiger partial charge is 0.496 e. The van der Waals surface area contributed by atoms with Crippen molar-refractivity contribution in [2.24, 2.45) is 0 Å². The number of aryl methyl sites for hydroxylation is 1. The van der Waals surface area contributed by atoms with Gasteiger partial charge in [-0.1, -0.05) is 6.92 Å². The Kier molecular flexibility index (Phi) is 6.32. The molecule has 1 unspecified atom stereocenters. The number of pyridine rings is 1. The maximum atomic E-state index is 5.48. The highest BCUT2D eigenvalue weighted by atomic mass is 16.5. The van der Waals surface area contributed by atoms with Crippen molar-refractivity contribution in [1.82, 2.24) is 20.3 Å². The third-order valence-corrected chi connectivity index (χ3v) is 5.87. The molecule has 0 spiro atoms. The van der Waals surface area contributed by atoms with Crippen LogP contribution in [0.3, 0.4) is 0 Å². The SMILES string of the molecule is CCC1CN(c2ccc(-c3ccnc(Nc4cc(C)c(C)c(OC)c4)n3)cn2)CCN1. The van der Waals surface area contributed by atoms with E-state index in [-0.39, 0.29) is 0 Å². The van der Waals surface area contributed by atoms with E-state index in [1.54, 1.807) is 13.3 Å². The molecule has 0 saturated carbocycles. The zero-order chi connectivity index (χ0) is 21.8. The number of anilines is 3. The Morgan fingerprint density at radius 1 is 1.19 bits per heavy atom. The van der Waals surface area contributed by atoms with Gasteiger partial charge in [0.1, 0.15) is 11.6 Å². The number of methoxy groups -OCH3 is 1. The van der Waals surface area contributed by atoms with E-state index in [0.29, 0.717) is 12.0 Å². The van der Waals surface area contributed by atoms with Gasteiger partial charge >= 0.3 is 0 Å². The third-order valence-electron chi connectivity index (χ3n) is 5.87. The summed E-state index contributed by atoms with van der Waals surface area (Å²) < 4.78 is 5.48. The molecule has 0 aliphatic carbocycles. The number of piperazine rings is 1. The third kappa shape index (κ3) is 4.77. The van der Waals surface area contributed by atoms with Crippen LogP contribution in [0, 0.1) is 13.8 Å². The monoisotopic (exact) mass is 418 g/mol. The van der Waals surface area contributed by atoms with Crippen LogP contribution < -0.4 is 20.3 Å². The highest BCUT2D eigenvalue weighted by Gasteiger charge is 2.18. The second-order valence-corrected chi connectivity index (χ2v) is 7.92. The molecular formula is C24H30N6O. The molecule has 1 aromatic carbocycles. The predicted octanol–water partition coefficient (Wildman–Crippen LogP) is 4.10. The number of benzene rings is 1. The van der Waals surface area contributed by atoms with Gasteiger partial charge in [0, 0.05) is 55.4 Å². The molecule has 3 heterocycles. The van der Waals surface area contributed by atoms with Gasteiger partial charge in [0.2, 0.25) is 5.95 Å². The summed E-state index contributed by atoms with van der Waals surface area (Å²) in [6.45, 7) is 9.29. The summed E-state index contributed by atoms with van der Waals surface area (Å²) in [4.78, 5) is 16.1. The van der Waals surface area contributed by atoms with E-state index in [1.165, 1.54) is 0 Å². The minimum atomic E-state index is 0.523.